The van der Waals surface area contributed by atoms with Gasteiger partial charge in [0.05, 0.1) is 10.9 Å². The lowest BCUT2D eigenvalue weighted by Crippen LogP contribution is -2.32. The van der Waals surface area contributed by atoms with Crippen LogP contribution in [0.4, 0.5) is 15.8 Å². The zero-order valence-electron chi connectivity index (χ0n) is 18.4. The van der Waals surface area contributed by atoms with Crippen LogP contribution in [0.15, 0.2) is 47.3 Å². The Balaban J connectivity index is 1.91. The van der Waals surface area contributed by atoms with Crippen LogP contribution in [0.5, 0.6) is 5.75 Å². The lowest BCUT2D eigenvalue weighted by molar-refractivity contribution is 0.102. The van der Waals surface area contributed by atoms with Gasteiger partial charge in [0.1, 0.15) is 17.1 Å². The molecule has 0 bridgehead atoms. The monoisotopic (exact) mass is 437 g/mol. The van der Waals surface area contributed by atoms with Gasteiger partial charge in [-0.3, -0.25) is 9.59 Å². The number of pyridine rings is 1. The summed E-state index contributed by atoms with van der Waals surface area (Å²) in [6, 6.07) is 11.0. The highest BCUT2D eigenvalue weighted by Gasteiger charge is 2.26. The minimum absolute atomic E-state index is 0.151. The molecular formula is C25H28FN3O3. The lowest BCUT2D eigenvalue weighted by atomic mass is 10.0. The molecule has 0 aliphatic carbocycles. The molecule has 2 aromatic carbocycles. The first-order valence-electron chi connectivity index (χ1n) is 11.1. The number of amides is 1. The van der Waals surface area contributed by atoms with Crippen molar-refractivity contribution in [3.05, 3.63) is 64.2 Å². The number of carbonyl (C=O) groups excluding carboxylic acids is 1. The first-order valence-corrected chi connectivity index (χ1v) is 11.1. The van der Waals surface area contributed by atoms with Crippen molar-refractivity contribution in [1.29, 1.82) is 0 Å². The summed E-state index contributed by atoms with van der Waals surface area (Å²) in [5.41, 5.74) is 0.748. The normalized spacial score (nSPS) is 14.2. The summed E-state index contributed by atoms with van der Waals surface area (Å²) in [6.07, 6.45) is 3.26. The third-order valence-electron chi connectivity index (χ3n) is 5.80. The van der Waals surface area contributed by atoms with Gasteiger partial charge in [0.2, 0.25) is 0 Å². The molecule has 1 fully saturated rings. The maximum atomic E-state index is 13.6. The molecular weight excluding hydrogens is 409 g/mol. The topological polar surface area (TPSA) is 74.6 Å². The second-order valence-electron chi connectivity index (χ2n) is 8.72. The molecule has 3 aromatic rings. The molecule has 1 amide bonds. The highest BCUT2D eigenvalue weighted by atomic mass is 19.1. The summed E-state index contributed by atoms with van der Waals surface area (Å²) in [7, 11) is 0. The van der Waals surface area contributed by atoms with E-state index in [1.54, 1.807) is 10.6 Å². The van der Waals surface area contributed by atoms with Crippen LogP contribution in [-0.2, 0) is 6.54 Å². The first-order chi connectivity index (χ1) is 15.4. The van der Waals surface area contributed by atoms with E-state index in [2.05, 4.69) is 10.2 Å². The molecule has 0 radical (unpaired) electrons. The fourth-order valence-electron chi connectivity index (χ4n) is 4.38. The van der Waals surface area contributed by atoms with Gasteiger partial charge in [-0.25, -0.2) is 4.39 Å². The quantitative estimate of drug-likeness (QED) is 0.604. The second kappa shape index (κ2) is 9.02. The Hall–Kier alpha value is -3.35. The molecule has 0 unspecified atom stereocenters. The van der Waals surface area contributed by atoms with Crippen molar-refractivity contribution >= 4 is 28.2 Å². The Labute approximate surface area is 186 Å². The van der Waals surface area contributed by atoms with Crippen LogP contribution < -0.4 is 15.8 Å². The molecule has 7 heteroatoms. The predicted octanol–water partition coefficient (Wildman–Crippen LogP) is 4.74. The molecule has 2 N–H and O–H groups in total. The molecule has 1 aliphatic heterocycles. The molecule has 2 heterocycles. The van der Waals surface area contributed by atoms with E-state index in [9.17, 15) is 19.1 Å². The fraction of sp³-hybridized carbons (Fsp3) is 0.360. The van der Waals surface area contributed by atoms with E-state index in [-0.39, 0.29) is 22.9 Å². The van der Waals surface area contributed by atoms with E-state index in [1.165, 1.54) is 24.3 Å². The summed E-state index contributed by atoms with van der Waals surface area (Å²) in [5, 5.41) is 14.3. The molecule has 1 aliphatic rings. The van der Waals surface area contributed by atoms with Crippen molar-refractivity contribution in [2.75, 3.05) is 23.3 Å². The summed E-state index contributed by atoms with van der Waals surface area (Å²) in [4.78, 5) is 28.7. The van der Waals surface area contributed by atoms with Gasteiger partial charge in [-0.2, -0.15) is 0 Å². The standard InChI is InChI=1S/C25H28FN3O3/c1-16(2)15-29-20-11-7-10-19(28-12-4-3-5-13-28)21(20)23(30)22(25(29)32)24(31)27-18-9-6-8-17(26)14-18/h6-11,14,16,30H,3-5,12-13,15H2,1-2H3,(H,27,31). The number of halogens is 1. The smallest absolute Gasteiger partial charge is 0.267 e. The molecule has 1 saturated heterocycles. The number of aromatic nitrogens is 1. The number of aromatic hydroxyl groups is 1. The van der Waals surface area contributed by atoms with E-state index < -0.39 is 17.3 Å². The number of piperidine rings is 1. The first kappa shape index (κ1) is 21.9. The van der Waals surface area contributed by atoms with Crippen molar-refractivity contribution in [3.63, 3.8) is 0 Å². The maximum Gasteiger partial charge on any atom is 0.267 e. The van der Waals surface area contributed by atoms with E-state index in [0.717, 1.165) is 38.0 Å². The van der Waals surface area contributed by atoms with Crippen molar-refractivity contribution in [3.8, 4) is 5.75 Å². The van der Waals surface area contributed by atoms with Crippen LogP contribution in [0.2, 0.25) is 0 Å². The van der Waals surface area contributed by atoms with Crippen molar-refractivity contribution in [1.82, 2.24) is 4.57 Å². The number of nitrogens with one attached hydrogen (secondary N) is 1. The van der Waals surface area contributed by atoms with Crippen LogP contribution in [0.3, 0.4) is 0 Å². The highest BCUT2D eigenvalue weighted by molar-refractivity contribution is 6.11. The fourth-order valence-corrected chi connectivity index (χ4v) is 4.38. The molecule has 0 atom stereocenters. The van der Waals surface area contributed by atoms with Crippen LogP contribution in [0.1, 0.15) is 43.5 Å². The number of fused-ring (bicyclic) bond motifs is 1. The maximum absolute atomic E-state index is 13.6. The van der Waals surface area contributed by atoms with Crippen molar-refractivity contribution in [2.45, 2.75) is 39.7 Å². The summed E-state index contributed by atoms with van der Waals surface area (Å²) in [6.45, 7) is 6.09. The van der Waals surface area contributed by atoms with Gasteiger partial charge in [-0.15, -0.1) is 0 Å². The Morgan fingerprint density at radius 2 is 1.84 bits per heavy atom. The van der Waals surface area contributed by atoms with Crippen LogP contribution in [-0.4, -0.2) is 28.7 Å². The van der Waals surface area contributed by atoms with E-state index in [4.69, 9.17) is 0 Å². The molecule has 1 aromatic heterocycles. The van der Waals surface area contributed by atoms with Crippen molar-refractivity contribution in [2.24, 2.45) is 5.92 Å². The molecule has 32 heavy (non-hydrogen) atoms. The minimum atomic E-state index is -0.758. The number of hydrogen-bond acceptors (Lipinski definition) is 4. The van der Waals surface area contributed by atoms with Crippen LogP contribution in [0.25, 0.3) is 10.9 Å². The second-order valence-corrected chi connectivity index (χ2v) is 8.72. The zero-order chi connectivity index (χ0) is 22.8. The summed E-state index contributed by atoms with van der Waals surface area (Å²) < 4.78 is 15.1. The Morgan fingerprint density at radius 3 is 2.53 bits per heavy atom. The lowest BCUT2D eigenvalue weighted by Gasteiger charge is -2.30. The molecule has 0 saturated carbocycles. The van der Waals surface area contributed by atoms with E-state index in [0.29, 0.717) is 17.4 Å². The molecule has 168 valence electrons. The van der Waals surface area contributed by atoms with Gasteiger partial charge in [0, 0.05) is 31.0 Å². The molecule has 6 nitrogen and oxygen atoms in total. The van der Waals surface area contributed by atoms with Crippen LogP contribution in [0, 0.1) is 11.7 Å². The predicted molar refractivity (Wildman–Crippen MR) is 125 cm³/mol. The van der Waals surface area contributed by atoms with Gasteiger partial charge < -0.3 is 19.9 Å². The van der Waals surface area contributed by atoms with Crippen molar-refractivity contribution < 1.29 is 14.3 Å². The minimum Gasteiger partial charge on any atom is -0.506 e. The SMILES string of the molecule is CC(C)Cn1c(=O)c(C(=O)Nc2cccc(F)c2)c(O)c2c(N3CCCCC3)cccc21. The number of benzene rings is 2. The Morgan fingerprint density at radius 1 is 1.12 bits per heavy atom. The zero-order valence-corrected chi connectivity index (χ0v) is 18.4. The highest BCUT2D eigenvalue weighted by Crippen LogP contribution is 2.36. The molecule has 0 spiro atoms. The number of nitrogens with zero attached hydrogens (tertiary/aromatic N) is 2. The van der Waals surface area contributed by atoms with Gasteiger partial charge in [-0.05, 0) is 55.5 Å². The third kappa shape index (κ3) is 4.20. The number of carbonyl (C=O) groups is 1. The average Bonchev–Trinajstić information content (AvgIpc) is 2.76. The summed E-state index contributed by atoms with van der Waals surface area (Å²) in [5.74, 6) is -1.45. The Kier molecular flexibility index (Phi) is 6.17. The van der Waals surface area contributed by atoms with Gasteiger partial charge >= 0.3 is 0 Å². The van der Waals surface area contributed by atoms with Crippen LogP contribution >= 0.6 is 0 Å². The number of hydrogen-bond donors (Lipinski definition) is 2. The van der Waals surface area contributed by atoms with E-state index in [1.807, 2.05) is 26.0 Å². The van der Waals surface area contributed by atoms with E-state index >= 15 is 0 Å². The Bertz CT molecular complexity index is 1210. The third-order valence-corrected chi connectivity index (χ3v) is 5.80. The summed E-state index contributed by atoms with van der Waals surface area (Å²) >= 11 is 0. The largest absolute Gasteiger partial charge is 0.506 e. The van der Waals surface area contributed by atoms with Gasteiger partial charge in [0.25, 0.3) is 11.5 Å². The number of rotatable bonds is 5. The van der Waals surface area contributed by atoms with Gasteiger partial charge in [0.15, 0.2) is 0 Å². The van der Waals surface area contributed by atoms with Gasteiger partial charge in [-0.1, -0.05) is 26.0 Å². The number of anilines is 2. The average molecular weight is 438 g/mol. The molecule has 4 rings (SSSR count).